The maximum Gasteiger partial charge on any atom is 0.0440 e. The van der Waals surface area contributed by atoms with Gasteiger partial charge in [-0.3, -0.25) is 0 Å². The van der Waals surface area contributed by atoms with E-state index in [1.165, 1.54) is 44.9 Å². The first kappa shape index (κ1) is 9.56. The highest BCUT2D eigenvalue weighted by Crippen LogP contribution is 2.16. The highest BCUT2D eigenvalue weighted by molar-refractivity contribution is 5.52. The van der Waals surface area contributed by atoms with Crippen LogP contribution >= 0.6 is 0 Å². The summed E-state index contributed by atoms with van der Waals surface area (Å²) in [5, 5.41) is 4.09. The molecule has 0 aromatic heterocycles. The van der Waals surface area contributed by atoms with Crippen LogP contribution in [-0.4, -0.2) is 12.3 Å². The highest BCUT2D eigenvalue weighted by atomic mass is 15.3. The number of nitrogens with zero attached hydrogens (tertiary/aromatic N) is 1. The first-order chi connectivity index (χ1) is 5.93. The molecule has 1 N–H and O–H groups in total. The number of hydrogen-bond donors (Lipinski definition) is 1. The van der Waals surface area contributed by atoms with Gasteiger partial charge >= 0.3 is 0 Å². The van der Waals surface area contributed by atoms with E-state index in [0.717, 1.165) is 0 Å². The van der Waals surface area contributed by atoms with Gasteiger partial charge in [-0.05, 0) is 19.8 Å². The summed E-state index contributed by atoms with van der Waals surface area (Å²) in [6, 6.07) is 0.640. The Balaban J connectivity index is 2.20. The molecule has 1 rings (SSSR count). The van der Waals surface area contributed by atoms with Crippen molar-refractivity contribution in [2.75, 3.05) is 0 Å². The third-order valence-electron chi connectivity index (χ3n) is 2.49. The molecule has 0 unspecified atom stereocenters. The lowest BCUT2D eigenvalue weighted by atomic mass is 9.97. The Kier molecular flexibility index (Phi) is 4.81. The van der Waals surface area contributed by atoms with E-state index in [2.05, 4.69) is 10.5 Å². The minimum absolute atomic E-state index is 0.640. The summed E-state index contributed by atoms with van der Waals surface area (Å²) in [5.41, 5.74) is 3.21. The lowest BCUT2D eigenvalue weighted by Crippen LogP contribution is -2.25. The zero-order valence-corrected chi connectivity index (χ0v) is 8.05. The van der Waals surface area contributed by atoms with E-state index in [1.54, 1.807) is 0 Å². The molecule has 1 fully saturated rings. The molecule has 2 nitrogen and oxygen atoms in total. The van der Waals surface area contributed by atoms with Crippen LogP contribution in [0.15, 0.2) is 5.10 Å². The lowest BCUT2D eigenvalue weighted by molar-refractivity contribution is 0.398. The fourth-order valence-corrected chi connectivity index (χ4v) is 1.77. The van der Waals surface area contributed by atoms with Gasteiger partial charge in [-0.25, -0.2) is 0 Å². The third-order valence-corrected chi connectivity index (χ3v) is 2.49. The van der Waals surface area contributed by atoms with Crippen LogP contribution in [0.5, 0.6) is 0 Å². The van der Waals surface area contributed by atoms with Gasteiger partial charge in [0.15, 0.2) is 0 Å². The lowest BCUT2D eigenvalue weighted by Gasteiger charge is -2.18. The van der Waals surface area contributed by atoms with E-state index in [-0.39, 0.29) is 0 Å². The van der Waals surface area contributed by atoms with Gasteiger partial charge < -0.3 is 5.43 Å². The minimum atomic E-state index is 0.640. The van der Waals surface area contributed by atoms with Crippen LogP contribution in [0.1, 0.15) is 51.9 Å². The molecule has 0 atom stereocenters. The second-order valence-corrected chi connectivity index (χ2v) is 3.56. The van der Waals surface area contributed by atoms with Crippen LogP contribution in [-0.2, 0) is 0 Å². The molecular formula is C10H20N2. The van der Waals surface area contributed by atoms with Crippen LogP contribution in [0.2, 0.25) is 0 Å². The summed E-state index contributed by atoms with van der Waals surface area (Å²) in [7, 11) is 0. The topological polar surface area (TPSA) is 24.4 Å². The van der Waals surface area contributed by atoms with Crippen molar-refractivity contribution in [3.63, 3.8) is 0 Å². The van der Waals surface area contributed by atoms with Crippen LogP contribution in [0.4, 0.5) is 0 Å². The second kappa shape index (κ2) is 6.04. The Morgan fingerprint density at radius 3 is 2.25 bits per heavy atom. The van der Waals surface area contributed by atoms with Gasteiger partial charge in [-0.15, -0.1) is 0 Å². The Morgan fingerprint density at radius 1 is 1.08 bits per heavy atom. The SMILES string of the molecule is C/C=N\NC1CCCCCCC1. The summed E-state index contributed by atoms with van der Waals surface area (Å²) >= 11 is 0. The van der Waals surface area contributed by atoms with Crippen molar-refractivity contribution in [1.29, 1.82) is 0 Å². The molecular weight excluding hydrogens is 148 g/mol. The fraction of sp³-hybridized carbons (Fsp3) is 0.900. The largest absolute Gasteiger partial charge is 0.307 e. The Hall–Kier alpha value is -0.530. The summed E-state index contributed by atoms with van der Waals surface area (Å²) in [6.07, 6.45) is 11.4. The monoisotopic (exact) mass is 168 g/mol. The van der Waals surface area contributed by atoms with Crippen LogP contribution in [0, 0.1) is 0 Å². The fourth-order valence-electron chi connectivity index (χ4n) is 1.77. The van der Waals surface area contributed by atoms with E-state index in [0.29, 0.717) is 6.04 Å². The molecule has 70 valence electrons. The molecule has 1 aliphatic rings. The molecule has 0 aliphatic heterocycles. The molecule has 1 aliphatic carbocycles. The molecule has 0 aromatic rings. The molecule has 0 saturated heterocycles. The number of hydrazone groups is 1. The van der Waals surface area contributed by atoms with Crippen LogP contribution in [0.3, 0.4) is 0 Å². The average Bonchev–Trinajstić information content (AvgIpc) is 2.02. The van der Waals surface area contributed by atoms with Crippen molar-refractivity contribution in [3.05, 3.63) is 0 Å². The molecule has 0 radical (unpaired) electrons. The highest BCUT2D eigenvalue weighted by Gasteiger charge is 2.08. The number of rotatable bonds is 2. The molecule has 2 heteroatoms. The summed E-state index contributed by atoms with van der Waals surface area (Å²) in [6.45, 7) is 1.95. The van der Waals surface area contributed by atoms with E-state index in [9.17, 15) is 0 Å². The predicted molar refractivity (Wildman–Crippen MR) is 53.4 cm³/mol. The Morgan fingerprint density at radius 2 is 1.67 bits per heavy atom. The second-order valence-electron chi connectivity index (χ2n) is 3.56. The van der Waals surface area contributed by atoms with Crippen molar-refractivity contribution in [1.82, 2.24) is 5.43 Å². The molecule has 12 heavy (non-hydrogen) atoms. The molecule has 0 aromatic carbocycles. The van der Waals surface area contributed by atoms with Crippen molar-refractivity contribution < 1.29 is 0 Å². The van der Waals surface area contributed by atoms with E-state index in [4.69, 9.17) is 0 Å². The molecule has 0 spiro atoms. The Bertz CT molecular complexity index is 124. The van der Waals surface area contributed by atoms with Crippen molar-refractivity contribution >= 4 is 6.21 Å². The molecule has 1 saturated carbocycles. The van der Waals surface area contributed by atoms with Crippen LogP contribution in [0.25, 0.3) is 0 Å². The van der Waals surface area contributed by atoms with Gasteiger partial charge in [0, 0.05) is 12.3 Å². The maximum atomic E-state index is 4.09. The van der Waals surface area contributed by atoms with Gasteiger partial charge in [0.05, 0.1) is 0 Å². The first-order valence-corrected chi connectivity index (χ1v) is 5.16. The van der Waals surface area contributed by atoms with E-state index in [1.807, 2.05) is 13.1 Å². The quantitative estimate of drug-likeness (QED) is 0.497. The van der Waals surface area contributed by atoms with Gasteiger partial charge in [-0.1, -0.05) is 32.1 Å². The molecule has 0 amide bonds. The maximum absolute atomic E-state index is 4.09. The van der Waals surface area contributed by atoms with E-state index < -0.39 is 0 Å². The van der Waals surface area contributed by atoms with Gasteiger partial charge in [-0.2, -0.15) is 5.10 Å². The standard InChI is InChI=1S/C10H20N2/c1-2-11-12-10-8-6-4-3-5-7-9-10/h2,10,12H,3-9H2,1H3/b11-2-. The van der Waals surface area contributed by atoms with Gasteiger partial charge in [0.25, 0.3) is 0 Å². The van der Waals surface area contributed by atoms with Gasteiger partial charge in [0.2, 0.25) is 0 Å². The summed E-state index contributed by atoms with van der Waals surface area (Å²) < 4.78 is 0. The van der Waals surface area contributed by atoms with Crippen molar-refractivity contribution in [3.8, 4) is 0 Å². The first-order valence-electron chi connectivity index (χ1n) is 5.16. The molecule has 0 heterocycles. The zero-order valence-electron chi connectivity index (χ0n) is 8.05. The minimum Gasteiger partial charge on any atom is -0.307 e. The summed E-state index contributed by atoms with van der Waals surface area (Å²) in [4.78, 5) is 0. The smallest absolute Gasteiger partial charge is 0.0440 e. The average molecular weight is 168 g/mol. The van der Waals surface area contributed by atoms with Crippen molar-refractivity contribution in [2.45, 2.75) is 57.9 Å². The molecule has 0 bridgehead atoms. The third kappa shape index (κ3) is 3.74. The number of nitrogens with one attached hydrogen (secondary N) is 1. The van der Waals surface area contributed by atoms with Gasteiger partial charge in [0.1, 0.15) is 0 Å². The zero-order chi connectivity index (χ0) is 8.65. The normalized spacial score (nSPS) is 22.1. The van der Waals surface area contributed by atoms with Crippen molar-refractivity contribution in [2.24, 2.45) is 5.10 Å². The van der Waals surface area contributed by atoms with Crippen LogP contribution < -0.4 is 5.43 Å². The summed E-state index contributed by atoms with van der Waals surface area (Å²) in [5.74, 6) is 0. The predicted octanol–water partition coefficient (Wildman–Crippen LogP) is 2.69. The van der Waals surface area contributed by atoms with E-state index >= 15 is 0 Å². The Labute approximate surface area is 75.4 Å². The number of hydrogen-bond acceptors (Lipinski definition) is 2.